The zero-order valence-corrected chi connectivity index (χ0v) is 9.85. The molecule has 1 aliphatic rings. The molecule has 1 unspecified atom stereocenters. The third-order valence-electron chi connectivity index (χ3n) is 3.16. The standard InChI is InChI=1S/C13H16N2O2/c1-2-9-4-3-5-11(6-9)15-8-10(13(14)17)7-12(15)16/h3-6,10H,2,7-8H2,1H3,(H2,14,17). The van der Waals surface area contributed by atoms with Gasteiger partial charge in [-0.05, 0) is 24.1 Å². The van der Waals surface area contributed by atoms with Crippen LogP contribution in [0.3, 0.4) is 0 Å². The van der Waals surface area contributed by atoms with Crippen molar-refractivity contribution in [2.24, 2.45) is 11.7 Å². The van der Waals surface area contributed by atoms with Crippen molar-refractivity contribution in [3.8, 4) is 0 Å². The van der Waals surface area contributed by atoms with Crippen LogP contribution in [0.1, 0.15) is 18.9 Å². The van der Waals surface area contributed by atoms with Gasteiger partial charge in [-0.3, -0.25) is 9.59 Å². The number of aryl methyl sites for hydroxylation is 1. The fourth-order valence-corrected chi connectivity index (χ4v) is 2.09. The zero-order valence-electron chi connectivity index (χ0n) is 9.85. The zero-order chi connectivity index (χ0) is 12.4. The fourth-order valence-electron chi connectivity index (χ4n) is 2.09. The number of primary amides is 1. The van der Waals surface area contributed by atoms with E-state index in [-0.39, 0.29) is 18.2 Å². The van der Waals surface area contributed by atoms with Crippen LogP contribution in [0.2, 0.25) is 0 Å². The average Bonchev–Trinajstić information content (AvgIpc) is 2.72. The summed E-state index contributed by atoms with van der Waals surface area (Å²) in [7, 11) is 0. The first-order valence-corrected chi connectivity index (χ1v) is 5.80. The van der Waals surface area contributed by atoms with Crippen molar-refractivity contribution in [1.82, 2.24) is 0 Å². The molecule has 2 amide bonds. The number of carbonyl (C=O) groups excluding carboxylic acids is 2. The number of carbonyl (C=O) groups is 2. The molecule has 90 valence electrons. The van der Waals surface area contributed by atoms with E-state index in [0.717, 1.165) is 12.1 Å². The molecule has 0 spiro atoms. The van der Waals surface area contributed by atoms with Gasteiger partial charge in [-0.15, -0.1) is 0 Å². The van der Waals surface area contributed by atoms with E-state index in [1.54, 1.807) is 4.90 Å². The molecular formula is C13H16N2O2. The van der Waals surface area contributed by atoms with E-state index in [0.29, 0.717) is 6.54 Å². The third kappa shape index (κ3) is 2.30. The van der Waals surface area contributed by atoms with Crippen molar-refractivity contribution in [2.45, 2.75) is 19.8 Å². The highest BCUT2D eigenvalue weighted by atomic mass is 16.2. The summed E-state index contributed by atoms with van der Waals surface area (Å²) in [5, 5.41) is 0. The summed E-state index contributed by atoms with van der Waals surface area (Å²) in [4.78, 5) is 24.5. The molecule has 1 aliphatic heterocycles. The summed E-state index contributed by atoms with van der Waals surface area (Å²) in [6.07, 6.45) is 1.15. The van der Waals surface area contributed by atoms with Gasteiger partial charge in [-0.2, -0.15) is 0 Å². The number of nitrogens with two attached hydrogens (primary N) is 1. The summed E-state index contributed by atoms with van der Waals surface area (Å²) in [6.45, 7) is 2.47. The Bertz CT molecular complexity index is 456. The normalized spacial score (nSPS) is 19.7. The van der Waals surface area contributed by atoms with Crippen LogP contribution in [-0.2, 0) is 16.0 Å². The monoisotopic (exact) mass is 232 g/mol. The Hall–Kier alpha value is -1.84. The maximum atomic E-state index is 11.8. The second kappa shape index (κ2) is 4.57. The molecule has 0 aromatic heterocycles. The molecule has 2 rings (SSSR count). The second-order valence-electron chi connectivity index (χ2n) is 4.33. The molecule has 2 N–H and O–H groups in total. The minimum Gasteiger partial charge on any atom is -0.369 e. The SMILES string of the molecule is CCc1cccc(N2CC(C(N)=O)CC2=O)c1. The number of rotatable bonds is 3. The summed E-state index contributed by atoms with van der Waals surface area (Å²) in [5.74, 6) is -0.776. The molecular weight excluding hydrogens is 216 g/mol. The molecule has 0 bridgehead atoms. The number of nitrogens with zero attached hydrogens (tertiary/aromatic N) is 1. The molecule has 0 saturated carbocycles. The van der Waals surface area contributed by atoms with E-state index in [2.05, 4.69) is 6.92 Å². The minimum absolute atomic E-state index is 0.0259. The molecule has 1 saturated heterocycles. The lowest BCUT2D eigenvalue weighted by Gasteiger charge is -2.17. The maximum Gasteiger partial charge on any atom is 0.227 e. The van der Waals surface area contributed by atoms with Crippen molar-refractivity contribution in [1.29, 1.82) is 0 Å². The second-order valence-corrected chi connectivity index (χ2v) is 4.33. The first-order valence-electron chi connectivity index (χ1n) is 5.80. The number of hydrogen-bond donors (Lipinski definition) is 1. The Labute approximate surface area is 100 Å². The summed E-state index contributed by atoms with van der Waals surface area (Å²) >= 11 is 0. The molecule has 1 aromatic rings. The van der Waals surface area contributed by atoms with E-state index in [1.165, 1.54) is 5.56 Å². The number of benzene rings is 1. The quantitative estimate of drug-likeness (QED) is 0.847. The Morgan fingerprint density at radius 2 is 2.29 bits per heavy atom. The highest BCUT2D eigenvalue weighted by Crippen LogP contribution is 2.25. The van der Waals surface area contributed by atoms with Crippen LogP contribution >= 0.6 is 0 Å². The number of anilines is 1. The van der Waals surface area contributed by atoms with Crippen molar-refractivity contribution >= 4 is 17.5 Å². The molecule has 4 heteroatoms. The Morgan fingerprint density at radius 3 is 2.88 bits per heavy atom. The van der Waals surface area contributed by atoms with E-state index in [4.69, 9.17) is 5.73 Å². The molecule has 0 radical (unpaired) electrons. The minimum atomic E-state index is -0.396. The van der Waals surface area contributed by atoms with Gasteiger partial charge in [0.1, 0.15) is 0 Å². The lowest BCUT2D eigenvalue weighted by atomic mass is 10.1. The van der Waals surface area contributed by atoms with Crippen LogP contribution in [0.4, 0.5) is 5.69 Å². The van der Waals surface area contributed by atoms with Gasteiger partial charge in [0.2, 0.25) is 11.8 Å². The first kappa shape index (κ1) is 11.6. The first-order chi connectivity index (χ1) is 8.11. The van der Waals surface area contributed by atoms with Crippen molar-refractivity contribution in [2.75, 3.05) is 11.4 Å². The summed E-state index contributed by atoms with van der Waals surface area (Å²) in [5.41, 5.74) is 7.28. The highest BCUT2D eigenvalue weighted by Gasteiger charge is 2.33. The largest absolute Gasteiger partial charge is 0.369 e. The number of amides is 2. The molecule has 1 heterocycles. The Kier molecular flexibility index (Phi) is 3.13. The average molecular weight is 232 g/mol. The molecule has 4 nitrogen and oxygen atoms in total. The molecule has 17 heavy (non-hydrogen) atoms. The predicted molar refractivity (Wildman–Crippen MR) is 65.5 cm³/mol. The Balaban J connectivity index is 2.22. The molecule has 1 aromatic carbocycles. The van der Waals surface area contributed by atoms with Crippen LogP contribution < -0.4 is 10.6 Å². The van der Waals surface area contributed by atoms with Gasteiger partial charge >= 0.3 is 0 Å². The van der Waals surface area contributed by atoms with Crippen molar-refractivity contribution in [3.05, 3.63) is 29.8 Å². The van der Waals surface area contributed by atoms with Crippen molar-refractivity contribution < 1.29 is 9.59 Å². The van der Waals surface area contributed by atoms with Crippen LogP contribution in [-0.4, -0.2) is 18.4 Å². The molecule has 0 aliphatic carbocycles. The van der Waals surface area contributed by atoms with E-state index < -0.39 is 5.91 Å². The van der Waals surface area contributed by atoms with Crippen LogP contribution in [0.25, 0.3) is 0 Å². The summed E-state index contributed by atoms with van der Waals surface area (Å²) in [6, 6.07) is 7.83. The van der Waals surface area contributed by atoms with Gasteiger partial charge in [-0.25, -0.2) is 0 Å². The van der Waals surface area contributed by atoms with Gasteiger partial charge in [-0.1, -0.05) is 19.1 Å². The molecule has 1 atom stereocenters. The van der Waals surface area contributed by atoms with Gasteiger partial charge in [0.25, 0.3) is 0 Å². The third-order valence-corrected chi connectivity index (χ3v) is 3.16. The topological polar surface area (TPSA) is 63.4 Å². The predicted octanol–water partition coefficient (Wildman–Crippen LogP) is 1.09. The van der Waals surface area contributed by atoms with E-state index >= 15 is 0 Å². The van der Waals surface area contributed by atoms with Crippen LogP contribution in [0, 0.1) is 5.92 Å². The smallest absolute Gasteiger partial charge is 0.227 e. The lowest BCUT2D eigenvalue weighted by molar-refractivity contribution is -0.123. The lowest BCUT2D eigenvalue weighted by Crippen LogP contribution is -2.28. The summed E-state index contributed by atoms with van der Waals surface area (Å²) < 4.78 is 0. The van der Waals surface area contributed by atoms with Crippen molar-refractivity contribution in [3.63, 3.8) is 0 Å². The van der Waals surface area contributed by atoms with Gasteiger partial charge in [0.15, 0.2) is 0 Å². The maximum absolute atomic E-state index is 11.8. The fraction of sp³-hybridized carbons (Fsp3) is 0.385. The van der Waals surface area contributed by atoms with Gasteiger partial charge in [0, 0.05) is 18.7 Å². The van der Waals surface area contributed by atoms with E-state index in [9.17, 15) is 9.59 Å². The Morgan fingerprint density at radius 1 is 1.53 bits per heavy atom. The molecule has 1 fully saturated rings. The van der Waals surface area contributed by atoms with E-state index in [1.807, 2.05) is 24.3 Å². The van der Waals surface area contributed by atoms with Gasteiger partial charge < -0.3 is 10.6 Å². The highest BCUT2D eigenvalue weighted by molar-refractivity contribution is 6.00. The van der Waals surface area contributed by atoms with Crippen LogP contribution in [0.5, 0.6) is 0 Å². The van der Waals surface area contributed by atoms with Gasteiger partial charge in [0.05, 0.1) is 5.92 Å². The van der Waals surface area contributed by atoms with Crippen LogP contribution in [0.15, 0.2) is 24.3 Å². The number of hydrogen-bond acceptors (Lipinski definition) is 2.